The summed E-state index contributed by atoms with van der Waals surface area (Å²) in [6.07, 6.45) is 0.385. The summed E-state index contributed by atoms with van der Waals surface area (Å²) in [5.41, 5.74) is -0.600. The normalized spacial score (nSPS) is 26.6. The third-order valence-electron chi connectivity index (χ3n) is 3.67. The quantitative estimate of drug-likeness (QED) is 0.872. The highest BCUT2D eigenvalue weighted by Gasteiger charge is 2.40. The van der Waals surface area contributed by atoms with Crippen LogP contribution in [0.1, 0.15) is 30.6 Å². The molecule has 0 saturated carbocycles. The van der Waals surface area contributed by atoms with Crippen molar-refractivity contribution in [1.82, 2.24) is 4.72 Å². The predicted molar refractivity (Wildman–Crippen MR) is 72.2 cm³/mol. The molecule has 1 fully saturated rings. The molecular weight excluding hydrogens is 282 g/mol. The van der Waals surface area contributed by atoms with Gasteiger partial charge in [-0.05, 0) is 44.5 Å². The lowest BCUT2D eigenvalue weighted by Gasteiger charge is -2.28. The SMILES string of the molecule is CC1OCCC1(C)NS(=O)(=O)c1ccc(C(=O)O)cc1. The van der Waals surface area contributed by atoms with Crippen LogP contribution >= 0.6 is 0 Å². The van der Waals surface area contributed by atoms with Crippen LogP contribution in [0.15, 0.2) is 29.2 Å². The van der Waals surface area contributed by atoms with E-state index < -0.39 is 21.5 Å². The van der Waals surface area contributed by atoms with Crippen molar-refractivity contribution in [2.24, 2.45) is 0 Å². The van der Waals surface area contributed by atoms with E-state index in [0.29, 0.717) is 13.0 Å². The molecule has 1 aliphatic rings. The average Bonchev–Trinajstić information content (AvgIpc) is 2.68. The molecule has 2 rings (SSSR count). The molecular formula is C13H17NO5S. The Bertz CT molecular complexity index is 610. The van der Waals surface area contributed by atoms with E-state index in [0.717, 1.165) is 0 Å². The first-order valence-electron chi connectivity index (χ1n) is 6.23. The van der Waals surface area contributed by atoms with Gasteiger partial charge in [-0.15, -0.1) is 0 Å². The highest BCUT2D eigenvalue weighted by molar-refractivity contribution is 7.89. The molecule has 0 bridgehead atoms. The van der Waals surface area contributed by atoms with Crippen molar-refractivity contribution in [2.45, 2.75) is 36.8 Å². The van der Waals surface area contributed by atoms with Crippen LogP contribution in [-0.4, -0.2) is 37.7 Å². The number of aromatic carboxylic acids is 1. The molecule has 1 heterocycles. The lowest BCUT2D eigenvalue weighted by molar-refractivity contribution is 0.0696. The van der Waals surface area contributed by atoms with Gasteiger partial charge < -0.3 is 9.84 Å². The van der Waals surface area contributed by atoms with Crippen molar-refractivity contribution in [3.05, 3.63) is 29.8 Å². The van der Waals surface area contributed by atoms with E-state index in [2.05, 4.69) is 4.72 Å². The van der Waals surface area contributed by atoms with Gasteiger partial charge in [0.15, 0.2) is 0 Å². The van der Waals surface area contributed by atoms with E-state index in [-0.39, 0.29) is 16.6 Å². The van der Waals surface area contributed by atoms with Gasteiger partial charge in [0.05, 0.1) is 22.1 Å². The molecule has 0 amide bonds. The van der Waals surface area contributed by atoms with Gasteiger partial charge in [0, 0.05) is 6.61 Å². The van der Waals surface area contributed by atoms with Gasteiger partial charge in [-0.25, -0.2) is 17.9 Å². The topological polar surface area (TPSA) is 92.7 Å². The Labute approximate surface area is 117 Å². The highest BCUT2D eigenvalue weighted by Crippen LogP contribution is 2.27. The summed E-state index contributed by atoms with van der Waals surface area (Å²) in [4.78, 5) is 10.8. The maximum Gasteiger partial charge on any atom is 0.335 e. The molecule has 2 N–H and O–H groups in total. The molecule has 0 aliphatic carbocycles. The van der Waals surface area contributed by atoms with Gasteiger partial charge in [-0.3, -0.25) is 0 Å². The number of hydrogen-bond acceptors (Lipinski definition) is 4. The van der Waals surface area contributed by atoms with Crippen molar-refractivity contribution < 1.29 is 23.1 Å². The third-order valence-corrected chi connectivity index (χ3v) is 5.29. The summed E-state index contributed by atoms with van der Waals surface area (Å²) in [6.45, 7) is 4.13. The summed E-state index contributed by atoms with van der Waals surface area (Å²) in [6, 6.07) is 5.12. The number of carbonyl (C=O) groups is 1. The molecule has 2 atom stereocenters. The first-order chi connectivity index (χ1) is 9.24. The van der Waals surface area contributed by atoms with Crippen LogP contribution in [0, 0.1) is 0 Å². The van der Waals surface area contributed by atoms with E-state index in [1.54, 1.807) is 6.92 Å². The minimum Gasteiger partial charge on any atom is -0.478 e. The Hall–Kier alpha value is -1.44. The molecule has 1 saturated heterocycles. The van der Waals surface area contributed by atoms with E-state index in [9.17, 15) is 13.2 Å². The number of carboxylic acid groups (broad SMARTS) is 1. The monoisotopic (exact) mass is 299 g/mol. The fourth-order valence-corrected chi connectivity index (χ4v) is 3.61. The standard InChI is InChI=1S/C13H17NO5S/c1-9-13(2,7-8-19-9)14-20(17,18)11-5-3-10(4-6-11)12(15)16/h3-6,9,14H,7-8H2,1-2H3,(H,15,16). The van der Waals surface area contributed by atoms with E-state index in [1.165, 1.54) is 24.3 Å². The van der Waals surface area contributed by atoms with Crippen LogP contribution < -0.4 is 4.72 Å². The zero-order valence-corrected chi connectivity index (χ0v) is 12.1. The molecule has 6 nitrogen and oxygen atoms in total. The van der Waals surface area contributed by atoms with Crippen LogP contribution in [0.4, 0.5) is 0 Å². The van der Waals surface area contributed by atoms with Gasteiger partial charge in [0.1, 0.15) is 0 Å². The van der Waals surface area contributed by atoms with Gasteiger partial charge in [-0.2, -0.15) is 0 Å². The number of carboxylic acids is 1. The summed E-state index contributed by atoms with van der Waals surface area (Å²) in [7, 11) is -3.70. The summed E-state index contributed by atoms with van der Waals surface area (Å²) >= 11 is 0. The molecule has 0 aromatic heterocycles. The predicted octanol–water partition coefficient (Wildman–Crippen LogP) is 1.23. The Morgan fingerprint density at radius 3 is 2.45 bits per heavy atom. The van der Waals surface area contributed by atoms with E-state index in [4.69, 9.17) is 9.84 Å². The van der Waals surface area contributed by atoms with Gasteiger partial charge in [-0.1, -0.05) is 0 Å². The molecule has 20 heavy (non-hydrogen) atoms. The number of benzene rings is 1. The molecule has 0 radical (unpaired) electrons. The van der Waals surface area contributed by atoms with Crippen LogP contribution in [-0.2, 0) is 14.8 Å². The Kier molecular flexibility index (Phi) is 3.86. The van der Waals surface area contributed by atoms with Gasteiger partial charge in [0.25, 0.3) is 0 Å². The number of sulfonamides is 1. The van der Waals surface area contributed by atoms with Crippen LogP contribution in [0.25, 0.3) is 0 Å². The first-order valence-corrected chi connectivity index (χ1v) is 7.72. The molecule has 7 heteroatoms. The summed E-state index contributed by atoms with van der Waals surface area (Å²) < 4.78 is 32.7. The van der Waals surface area contributed by atoms with Crippen molar-refractivity contribution in [3.63, 3.8) is 0 Å². The maximum absolute atomic E-state index is 12.3. The Morgan fingerprint density at radius 2 is 2.00 bits per heavy atom. The zero-order valence-electron chi connectivity index (χ0n) is 11.3. The Morgan fingerprint density at radius 1 is 1.40 bits per heavy atom. The fraction of sp³-hybridized carbons (Fsp3) is 0.462. The van der Waals surface area contributed by atoms with Crippen molar-refractivity contribution >= 4 is 16.0 Å². The second-order valence-corrected chi connectivity index (χ2v) is 6.80. The van der Waals surface area contributed by atoms with Crippen molar-refractivity contribution in [1.29, 1.82) is 0 Å². The average molecular weight is 299 g/mol. The minimum absolute atomic E-state index is 0.0443. The van der Waals surface area contributed by atoms with Crippen LogP contribution in [0.5, 0.6) is 0 Å². The molecule has 0 spiro atoms. The van der Waals surface area contributed by atoms with Crippen LogP contribution in [0.3, 0.4) is 0 Å². The second-order valence-electron chi connectivity index (χ2n) is 5.12. The molecule has 2 unspecified atom stereocenters. The smallest absolute Gasteiger partial charge is 0.335 e. The van der Waals surface area contributed by atoms with Gasteiger partial charge >= 0.3 is 5.97 Å². The lowest BCUT2D eigenvalue weighted by Crippen LogP contribution is -2.50. The number of rotatable bonds is 4. The summed E-state index contributed by atoms with van der Waals surface area (Å²) in [5, 5.41) is 8.80. The summed E-state index contributed by atoms with van der Waals surface area (Å²) in [5.74, 6) is -1.09. The minimum atomic E-state index is -3.70. The first kappa shape index (κ1) is 15.0. The maximum atomic E-state index is 12.3. The number of hydrogen-bond donors (Lipinski definition) is 2. The molecule has 1 aliphatic heterocycles. The zero-order chi connectivity index (χ0) is 15.0. The largest absolute Gasteiger partial charge is 0.478 e. The second kappa shape index (κ2) is 5.16. The molecule has 1 aromatic carbocycles. The highest BCUT2D eigenvalue weighted by atomic mass is 32.2. The third kappa shape index (κ3) is 2.84. The van der Waals surface area contributed by atoms with Crippen LogP contribution in [0.2, 0.25) is 0 Å². The van der Waals surface area contributed by atoms with Gasteiger partial charge in [0.2, 0.25) is 10.0 Å². The van der Waals surface area contributed by atoms with E-state index in [1.807, 2.05) is 6.92 Å². The fourth-order valence-electron chi connectivity index (χ4n) is 2.11. The number of nitrogens with one attached hydrogen (secondary N) is 1. The Balaban J connectivity index is 2.24. The lowest BCUT2D eigenvalue weighted by atomic mass is 9.97. The number of ether oxygens (including phenoxy) is 1. The van der Waals surface area contributed by atoms with Crippen molar-refractivity contribution in [2.75, 3.05) is 6.61 Å². The van der Waals surface area contributed by atoms with E-state index >= 15 is 0 Å². The van der Waals surface area contributed by atoms with Crippen molar-refractivity contribution in [3.8, 4) is 0 Å². The molecule has 110 valence electrons. The molecule has 1 aromatic rings.